The van der Waals surface area contributed by atoms with Gasteiger partial charge in [-0.1, -0.05) is 12.1 Å². The molecule has 2 aliphatic heterocycles. The molecule has 0 radical (unpaired) electrons. The van der Waals surface area contributed by atoms with Gasteiger partial charge in [0.1, 0.15) is 0 Å². The van der Waals surface area contributed by atoms with Crippen molar-refractivity contribution in [2.24, 2.45) is 0 Å². The second kappa shape index (κ2) is 7.32. The van der Waals surface area contributed by atoms with Crippen LogP contribution in [0.3, 0.4) is 0 Å². The highest BCUT2D eigenvalue weighted by Gasteiger charge is 2.57. The van der Waals surface area contributed by atoms with E-state index in [1.54, 1.807) is 22.7 Å². The summed E-state index contributed by atoms with van der Waals surface area (Å²) in [4.78, 5) is 2.21. The van der Waals surface area contributed by atoms with E-state index in [0.29, 0.717) is 0 Å². The van der Waals surface area contributed by atoms with Crippen molar-refractivity contribution in [1.82, 2.24) is 0 Å². The van der Waals surface area contributed by atoms with Gasteiger partial charge in [0, 0.05) is 20.7 Å². The predicted molar refractivity (Wildman–Crippen MR) is 128 cm³/mol. The van der Waals surface area contributed by atoms with Crippen molar-refractivity contribution in [2.45, 2.75) is 77.8 Å². The summed E-state index contributed by atoms with van der Waals surface area (Å²) in [6.07, 6.45) is 0. The molecule has 0 amide bonds. The second-order valence-electron chi connectivity index (χ2n) is 9.96. The third-order valence-corrected chi connectivity index (χ3v) is 8.65. The van der Waals surface area contributed by atoms with Gasteiger partial charge in [-0.3, -0.25) is 0 Å². The highest BCUT2D eigenvalue weighted by molar-refractivity contribution is 7.15. The largest absolute Gasteiger partial charge is 0.495 e. The Morgan fingerprint density at radius 3 is 1.13 bits per heavy atom. The third kappa shape index (κ3) is 3.65. The Morgan fingerprint density at radius 1 is 0.600 bits per heavy atom. The van der Waals surface area contributed by atoms with Crippen LogP contribution in [0.1, 0.15) is 65.1 Å². The fraction of sp³-hybridized carbons (Fsp3) is 0.545. The average Bonchev–Trinajstić information content (AvgIpc) is 3.35. The summed E-state index contributed by atoms with van der Waals surface area (Å²) in [5.41, 5.74) is 0.245. The van der Waals surface area contributed by atoms with Gasteiger partial charge in [0.05, 0.1) is 22.4 Å². The minimum atomic E-state index is -0.509. The van der Waals surface area contributed by atoms with Gasteiger partial charge >= 0.3 is 14.2 Å². The molecule has 2 aliphatic rings. The Kier molecular flexibility index (Phi) is 5.45. The van der Waals surface area contributed by atoms with Crippen LogP contribution in [0.5, 0.6) is 0 Å². The highest BCUT2D eigenvalue weighted by atomic mass is 32.1. The van der Waals surface area contributed by atoms with Crippen LogP contribution in [-0.4, -0.2) is 36.6 Å². The lowest BCUT2D eigenvalue weighted by atomic mass is 9.63. The van der Waals surface area contributed by atoms with Gasteiger partial charge in [0.15, 0.2) is 0 Å². The van der Waals surface area contributed by atoms with E-state index < -0.39 is 36.6 Å². The van der Waals surface area contributed by atoms with Crippen molar-refractivity contribution < 1.29 is 18.6 Å². The number of hydrogen-bond donors (Lipinski definition) is 0. The molecule has 2 saturated heterocycles. The molecule has 30 heavy (non-hydrogen) atoms. The highest BCUT2D eigenvalue weighted by Crippen LogP contribution is 2.47. The second-order valence-corrected chi connectivity index (χ2v) is 11.9. The van der Waals surface area contributed by atoms with Crippen molar-refractivity contribution in [3.63, 3.8) is 0 Å². The Hall–Kier alpha value is -0.890. The molecule has 160 valence electrons. The summed E-state index contributed by atoms with van der Waals surface area (Å²) >= 11 is 3.36. The summed E-state index contributed by atoms with van der Waals surface area (Å²) in [5, 5.41) is 4.16. The van der Waals surface area contributed by atoms with Crippen molar-refractivity contribution in [1.29, 1.82) is 0 Å². The van der Waals surface area contributed by atoms with Crippen LogP contribution in [0.15, 0.2) is 35.0 Å². The Bertz CT molecular complexity index is 822. The molecule has 0 spiro atoms. The minimum absolute atomic E-state index is 0.434. The van der Waals surface area contributed by atoms with E-state index in [2.05, 4.69) is 90.4 Å². The summed E-state index contributed by atoms with van der Waals surface area (Å²) in [6, 6.07) is 8.34. The first kappa shape index (κ1) is 22.3. The fourth-order valence-corrected chi connectivity index (χ4v) is 5.13. The van der Waals surface area contributed by atoms with E-state index in [1.807, 2.05) is 0 Å². The quantitative estimate of drug-likeness (QED) is 0.544. The Labute approximate surface area is 188 Å². The Morgan fingerprint density at radius 2 is 0.900 bits per heavy atom. The fourth-order valence-electron chi connectivity index (χ4n) is 3.54. The SMILES string of the molecule is CC1(C)OB(/C(=C(\B2OC(C)(C)C(C)(C)O2)c2cccs2)c2cccs2)OC1(C)C. The molecule has 4 heterocycles. The number of thiophene rings is 2. The van der Waals surface area contributed by atoms with Gasteiger partial charge in [-0.2, -0.15) is 0 Å². The molecule has 4 rings (SSSR count). The van der Waals surface area contributed by atoms with E-state index >= 15 is 0 Å². The zero-order valence-electron chi connectivity index (χ0n) is 19.1. The van der Waals surface area contributed by atoms with Crippen LogP contribution < -0.4 is 0 Å². The molecule has 0 N–H and O–H groups in total. The van der Waals surface area contributed by atoms with Crippen LogP contribution >= 0.6 is 22.7 Å². The summed E-state index contributed by atoms with van der Waals surface area (Å²) in [7, 11) is -1.02. The van der Waals surface area contributed by atoms with Crippen LogP contribution in [0.2, 0.25) is 0 Å². The molecule has 0 bridgehead atoms. The first-order valence-electron chi connectivity index (χ1n) is 10.4. The van der Waals surface area contributed by atoms with Gasteiger partial charge in [0.2, 0.25) is 0 Å². The molecule has 0 saturated carbocycles. The normalized spacial score (nSPS) is 24.9. The topological polar surface area (TPSA) is 36.9 Å². The summed E-state index contributed by atoms with van der Waals surface area (Å²) < 4.78 is 26.1. The van der Waals surface area contributed by atoms with Crippen molar-refractivity contribution in [3.8, 4) is 0 Å². The average molecular weight is 444 g/mol. The van der Waals surface area contributed by atoms with Gasteiger partial charge in [-0.05, 0) is 78.3 Å². The van der Waals surface area contributed by atoms with Gasteiger partial charge in [0.25, 0.3) is 0 Å². The van der Waals surface area contributed by atoms with Crippen LogP contribution in [-0.2, 0) is 18.6 Å². The molecule has 0 unspecified atom stereocenters. The molecule has 2 fully saturated rings. The van der Waals surface area contributed by atoms with Crippen LogP contribution in [0.25, 0.3) is 10.9 Å². The van der Waals surface area contributed by atoms with Gasteiger partial charge < -0.3 is 18.6 Å². The number of rotatable bonds is 4. The lowest BCUT2D eigenvalue weighted by Gasteiger charge is -2.32. The maximum atomic E-state index is 6.51. The molecule has 0 aliphatic carbocycles. The van der Waals surface area contributed by atoms with E-state index in [9.17, 15) is 0 Å². The summed E-state index contributed by atoms with van der Waals surface area (Å²) in [5.74, 6) is 0. The van der Waals surface area contributed by atoms with E-state index in [1.165, 1.54) is 0 Å². The van der Waals surface area contributed by atoms with Crippen LogP contribution in [0.4, 0.5) is 0 Å². The monoisotopic (exact) mass is 444 g/mol. The smallest absolute Gasteiger partial charge is 0.399 e. The maximum absolute atomic E-state index is 6.51. The Balaban J connectivity index is 1.91. The molecular weight excluding hydrogens is 414 g/mol. The van der Waals surface area contributed by atoms with Gasteiger partial charge in [-0.25, -0.2) is 0 Å². The van der Waals surface area contributed by atoms with E-state index in [4.69, 9.17) is 18.6 Å². The van der Waals surface area contributed by atoms with Crippen molar-refractivity contribution in [2.75, 3.05) is 0 Å². The van der Waals surface area contributed by atoms with Crippen molar-refractivity contribution in [3.05, 3.63) is 44.8 Å². The minimum Gasteiger partial charge on any atom is -0.399 e. The predicted octanol–water partition coefficient (Wildman–Crippen LogP) is 5.98. The molecule has 2 aromatic heterocycles. The number of hydrogen-bond acceptors (Lipinski definition) is 6. The lowest BCUT2D eigenvalue weighted by Crippen LogP contribution is -2.41. The first-order chi connectivity index (χ1) is 13.8. The molecule has 0 atom stereocenters. The first-order valence-corrected chi connectivity index (χ1v) is 12.1. The molecule has 8 heteroatoms. The summed E-state index contributed by atoms with van der Waals surface area (Å²) in [6.45, 7) is 16.7. The van der Waals surface area contributed by atoms with Crippen molar-refractivity contribution >= 4 is 47.9 Å². The zero-order valence-corrected chi connectivity index (χ0v) is 20.7. The maximum Gasteiger partial charge on any atom is 0.495 e. The standard InChI is InChI=1S/C22H30B2O4S2/c1-19(2)20(3,4)26-23(25-19)17(15-11-9-13-29-15)18(16-12-10-14-30-16)24-27-21(5,6)22(7,8)28-24/h9-14H,1-8H3/b18-17-. The van der Waals surface area contributed by atoms with Gasteiger partial charge in [-0.15, -0.1) is 22.7 Å². The van der Waals surface area contributed by atoms with E-state index in [-0.39, 0.29) is 0 Å². The molecular formula is C22H30B2O4S2. The zero-order chi connectivity index (χ0) is 21.9. The molecule has 4 nitrogen and oxygen atoms in total. The molecule has 0 aromatic carbocycles. The molecule has 2 aromatic rings. The third-order valence-electron chi connectivity index (χ3n) is 6.84. The lowest BCUT2D eigenvalue weighted by molar-refractivity contribution is 0.00578. The van der Waals surface area contributed by atoms with E-state index in [0.717, 1.165) is 20.7 Å². The van der Waals surface area contributed by atoms with Crippen LogP contribution in [0, 0.1) is 0 Å².